The van der Waals surface area contributed by atoms with E-state index in [4.69, 9.17) is 0 Å². The molecule has 0 unspecified atom stereocenters. The van der Waals surface area contributed by atoms with Crippen molar-refractivity contribution in [3.05, 3.63) is 90.5 Å². The minimum Gasteiger partial charge on any atom is -0.310 e. The summed E-state index contributed by atoms with van der Waals surface area (Å²) in [5.74, 6) is 0. The molecule has 23 heavy (non-hydrogen) atoms. The van der Waals surface area contributed by atoms with Gasteiger partial charge in [0.05, 0.1) is 0 Å². The normalized spacial score (nSPS) is 10.5. The summed E-state index contributed by atoms with van der Waals surface area (Å²) in [6.07, 6.45) is 2.20. The number of aryl methyl sites for hydroxylation is 1. The third-order valence-corrected chi connectivity index (χ3v) is 4.40. The van der Waals surface area contributed by atoms with E-state index < -0.39 is 0 Å². The smallest absolute Gasteiger partial charge is 0.0493 e. The molecule has 0 heterocycles. The molecule has 0 aliphatic heterocycles. The summed E-state index contributed by atoms with van der Waals surface area (Å²) in [7, 11) is 0. The van der Waals surface area contributed by atoms with Crippen molar-refractivity contribution in [2.45, 2.75) is 12.8 Å². The summed E-state index contributed by atoms with van der Waals surface area (Å²) in [5, 5.41) is 1.03. The Morgan fingerprint density at radius 1 is 0.652 bits per heavy atom. The van der Waals surface area contributed by atoms with Crippen molar-refractivity contribution in [1.82, 2.24) is 0 Å². The largest absolute Gasteiger partial charge is 0.310 e. The molecular formula is C21H20BrN. The number of rotatable bonds is 6. The fraction of sp³-hybridized carbons (Fsp3) is 0.143. The van der Waals surface area contributed by atoms with Gasteiger partial charge in [0.2, 0.25) is 0 Å². The second-order valence-electron chi connectivity index (χ2n) is 5.43. The van der Waals surface area contributed by atoms with Gasteiger partial charge in [0.15, 0.2) is 0 Å². The molecule has 0 N–H and O–H groups in total. The molecule has 0 aromatic heterocycles. The van der Waals surface area contributed by atoms with Crippen LogP contribution < -0.4 is 4.90 Å². The van der Waals surface area contributed by atoms with Crippen LogP contribution in [0.5, 0.6) is 0 Å². The van der Waals surface area contributed by atoms with Crippen LogP contribution in [-0.2, 0) is 6.42 Å². The molecule has 116 valence electrons. The van der Waals surface area contributed by atoms with Gasteiger partial charge in [0.1, 0.15) is 0 Å². The second-order valence-corrected chi connectivity index (χ2v) is 6.22. The third kappa shape index (κ3) is 3.83. The monoisotopic (exact) mass is 365 g/mol. The maximum atomic E-state index is 3.54. The molecule has 1 nitrogen and oxygen atoms in total. The zero-order valence-electron chi connectivity index (χ0n) is 13.0. The van der Waals surface area contributed by atoms with Crippen LogP contribution in [0, 0.1) is 0 Å². The van der Waals surface area contributed by atoms with Gasteiger partial charge in [0, 0.05) is 22.4 Å². The Morgan fingerprint density at radius 2 is 1.17 bits per heavy atom. The van der Waals surface area contributed by atoms with Gasteiger partial charge in [-0.3, -0.25) is 0 Å². The highest BCUT2D eigenvalue weighted by molar-refractivity contribution is 9.09. The Balaban J connectivity index is 2.10. The van der Waals surface area contributed by atoms with Gasteiger partial charge in [-0.1, -0.05) is 70.5 Å². The van der Waals surface area contributed by atoms with Crippen LogP contribution >= 0.6 is 15.9 Å². The van der Waals surface area contributed by atoms with Crippen LogP contribution in [0.1, 0.15) is 12.0 Å². The zero-order chi connectivity index (χ0) is 15.9. The molecule has 0 saturated carbocycles. The van der Waals surface area contributed by atoms with Crippen molar-refractivity contribution in [2.75, 3.05) is 10.2 Å². The topological polar surface area (TPSA) is 3.24 Å². The number of anilines is 3. The second kappa shape index (κ2) is 7.98. The van der Waals surface area contributed by atoms with E-state index in [1.54, 1.807) is 0 Å². The average Bonchev–Trinajstić information content (AvgIpc) is 2.63. The molecule has 3 aromatic rings. The Hall–Kier alpha value is -2.06. The Kier molecular flexibility index (Phi) is 5.49. The Morgan fingerprint density at radius 3 is 1.74 bits per heavy atom. The standard InChI is InChI=1S/C21H20BrN/c22-17-9-11-18-10-7-8-16-21(18)23(19-12-3-1-4-13-19)20-14-5-2-6-15-20/h1-8,10,12-16H,9,11,17H2. The van der Waals surface area contributed by atoms with Crippen LogP contribution in [0.4, 0.5) is 17.1 Å². The molecule has 3 aromatic carbocycles. The number of hydrogen-bond acceptors (Lipinski definition) is 1. The lowest BCUT2D eigenvalue weighted by molar-refractivity contribution is 0.936. The van der Waals surface area contributed by atoms with Crippen molar-refractivity contribution in [1.29, 1.82) is 0 Å². The molecular weight excluding hydrogens is 346 g/mol. The molecule has 0 atom stereocenters. The van der Waals surface area contributed by atoms with Crippen LogP contribution in [0.25, 0.3) is 0 Å². The lowest BCUT2D eigenvalue weighted by Crippen LogP contribution is -2.12. The van der Waals surface area contributed by atoms with Crippen LogP contribution in [-0.4, -0.2) is 5.33 Å². The van der Waals surface area contributed by atoms with Crippen molar-refractivity contribution >= 4 is 33.0 Å². The molecule has 0 amide bonds. The minimum absolute atomic E-state index is 1.03. The van der Waals surface area contributed by atoms with Gasteiger partial charge in [-0.05, 0) is 48.7 Å². The van der Waals surface area contributed by atoms with Crippen molar-refractivity contribution < 1.29 is 0 Å². The van der Waals surface area contributed by atoms with Crippen molar-refractivity contribution in [3.8, 4) is 0 Å². The predicted molar refractivity (Wildman–Crippen MR) is 103 cm³/mol. The molecule has 0 spiro atoms. The molecule has 0 aliphatic rings. The van der Waals surface area contributed by atoms with E-state index in [-0.39, 0.29) is 0 Å². The summed E-state index contributed by atoms with van der Waals surface area (Å²) in [4.78, 5) is 2.34. The van der Waals surface area contributed by atoms with Gasteiger partial charge in [0.25, 0.3) is 0 Å². The SMILES string of the molecule is BrCCCc1ccccc1N(c1ccccc1)c1ccccc1. The first-order chi connectivity index (χ1) is 11.4. The van der Waals surface area contributed by atoms with E-state index in [1.807, 2.05) is 0 Å². The van der Waals surface area contributed by atoms with Crippen molar-refractivity contribution in [2.24, 2.45) is 0 Å². The molecule has 0 radical (unpaired) electrons. The van der Waals surface area contributed by atoms with Gasteiger partial charge >= 0.3 is 0 Å². The van der Waals surface area contributed by atoms with E-state index in [9.17, 15) is 0 Å². The van der Waals surface area contributed by atoms with Gasteiger partial charge in [-0.25, -0.2) is 0 Å². The fourth-order valence-corrected chi connectivity index (χ4v) is 3.06. The van der Waals surface area contributed by atoms with Gasteiger partial charge in [-0.15, -0.1) is 0 Å². The number of alkyl halides is 1. The average molecular weight is 366 g/mol. The number of nitrogens with zero attached hydrogens (tertiary/aromatic N) is 1. The van der Waals surface area contributed by atoms with E-state index in [0.717, 1.165) is 18.2 Å². The first-order valence-electron chi connectivity index (χ1n) is 7.94. The number of halogens is 1. The molecule has 3 rings (SSSR count). The van der Waals surface area contributed by atoms with Crippen LogP contribution in [0.3, 0.4) is 0 Å². The van der Waals surface area contributed by atoms with E-state index in [1.165, 1.54) is 22.6 Å². The summed E-state index contributed by atoms with van der Waals surface area (Å²) < 4.78 is 0. The van der Waals surface area contributed by atoms with Gasteiger partial charge < -0.3 is 4.90 Å². The van der Waals surface area contributed by atoms with E-state index >= 15 is 0 Å². The summed E-state index contributed by atoms with van der Waals surface area (Å²) >= 11 is 3.54. The number of benzene rings is 3. The highest BCUT2D eigenvalue weighted by Gasteiger charge is 2.14. The summed E-state index contributed by atoms with van der Waals surface area (Å²) in [5.41, 5.74) is 5.00. The van der Waals surface area contributed by atoms with Crippen LogP contribution in [0.15, 0.2) is 84.9 Å². The maximum absolute atomic E-state index is 3.54. The first kappa shape index (κ1) is 15.8. The van der Waals surface area contributed by atoms with E-state index in [2.05, 4.69) is 106 Å². The third-order valence-electron chi connectivity index (χ3n) is 3.84. The Labute approximate surface area is 146 Å². The first-order valence-corrected chi connectivity index (χ1v) is 9.06. The molecule has 2 heteroatoms. The minimum atomic E-state index is 1.03. The summed E-state index contributed by atoms with van der Waals surface area (Å²) in [6.45, 7) is 0. The number of hydrogen-bond donors (Lipinski definition) is 0. The zero-order valence-corrected chi connectivity index (χ0v) is 14.6. The van der Waals surface area contributed by atoms with E-state index in [0.29, 0.717) is 0 Å². The maximum Gasteiger partial charge on any atom is 0.0493 e. The highest BCUT2D eigenvalue weighted by atomic mass is 79.9. The van der Waals surface area contributed by atoms with Crippen LogP contribution in [0.2, 0.25) is 0 Å². The molecule has 0 aliphatic carbocycles. The lowest BCUT2D eigenvalue weighted by Gasteiger charge is -2.27. The predicted octanol–water partition coefficient (Wildman–Crippen LogP) is 6.48. The fourth-order valence-electron chi connectivity index (χ4n) is 2.78. The lowest BCUT2D eigenvalue weighted by atomic mass is 10.1. The Bertz CT molecular complexity index is 686. The van der Waals surface area contributed by atoms with Crippen molar-refractivity contribution in [3.63, 3.8) is 0 Å². The summed E-state index contributed by atoms with van der Waals surface area (Å²) in [6, 6.07) is 29.8. The molecule has 0 bridgehead atoms. The highest BCUT2D eigenvalue weighted by Crippen LogP contribution is 2.36. The number of para-hydroxylation sites is 3. The molecule has 0 fully saturated rings. The molecule has 0 saturated heterocycles. The van der Waals surface area contributed by atoms with Gasteiger partial charge in [-0.2, -0.15) is 0 Å². The quantitative estimate of drug-likeness (QED) is 0.451.